The van der Waals surface area contributed by atoms with Gasteiger partial charge in [0.2, 0.25) is 5.43 Å². The number of ether oxygens (including phenoxy) is 1. The first-order valence-corrected chi connectivity index (χ1v) is 13.3. The molecule has 0 atom stereocenters. The highest BCUT2D eigenvalue weighted by molar-refractivity contribution is 6.05. The van der Waals surface area contributed by atoms with E-state index in [1.807, 2.05) is 84.0 Å². The first kappa shape index (κ1) is 25.5. The van der Waals surface area contributed by atoms with Crippen LogP contribution in [-0.2, 0) is 11.8 Å². The lowest BCUT2D eigenvalue weighted by molar-refractivity contribution is 0.0694. The molecule has 1 fully saturated rings. The van der Waals surface area contributed by atoms with Crippen LogP contribution in [0.2, 0.25) is 0 Å². The second kappa shape index (κ2) is 10.4. The van der Waals surface area contributed by atoms with Crippen LogP contribution in [0.5, 0.6) is 0 Å². The van der Waals surface area contributed by atoms with Crippen molar-refractivity contribution >= 4 is 28.4 Å². The van der Waals surface area contributed by atoms with E-state index < -0.39 is 5.91 Å². The van der Waals surface area contributed by atoms with Crippen molar-refractivity contribution in [1.29, 1.82) is 0 Å². The number of aromatic nitrogens is 4. The predicted octanol–water partition coefficient (Wildman–Crippen LogP) is 4.96. The number of hydrogen-bond acceptors (Lipinski definition) is 6. The van der Waals surface area contributed by atoms with Gasteiger partial charge in [-0.2, -0.15) is 0 Å². The van der Waals surface area contributed by atoms with Gasteiger partial charge in [0.05, 0.1) is 5.39 Å². The lowest BCUT2D eigenvalue weighted by Gasteiger charge is -2.26. The number of aryl methyl sites for hydroxylation is 2. The Morgan fingerprint density at radius 1 is 0.950 bits per heavy atom. The summed E-state index contributed by atoms with van der Waals surface area (Å²) in [4.78, 5) is 35.6. The van der Waals surface area contributed by atoms with Crippen molar-refractivity contribution < 1.29 is 9.53 Å². The Kier molecular flexibility index (Phi) is 6.65. The second-order valence-corrected chi connectivity index (χ2v) is 10.2. The van der Waals surface area contributed by atoms with E-state index >= 15 is 0 Å². The number of carbonyl (C=O) groups excluding carboxylic acids is 1. The number of nitrogens with zero attached hydrogens (tertiary/aromatic N) is 4. The van der Waals surface area contributed by atoms with E-state index in [1.54, 1.807) is 6.20 Å². The Bertz CT molecular complexity index is 1760. The van der Waals surface area contributed by atoms with Gasteiger partial charge in [-0.3, -0.25) is 9.59 Å². The number of nitrogens with two attached hydrogens (primary N) is 1. The van der Waals surface area contributed by atoms with Gasteiger partial charge in [0, 0.05) is 61.7 Å². The lowest BCUT2D eigenvalue weighted by atomic mass is 10.0. The van der Waals surface area contributed by atoms with Crippen molar-refractivity contribution in [3.8, 4) is 22.3 Å². The molecule has 3 aromatic heterocycles. The summed E-state index contributed by atoms with van der Waals surface area (Å²) in [6.45, 7) is 3.31. The number of amides is 1. The van der Waals surface area contributed by atoms with Gasteiger partial charge in [0.1, 0.15) is 23.4 Å². The third-order valence-electron chi connectivity index (χ3n) is 7.50. The molecule has 1 aliphatic heterocycles. The summed E-state index contributed by atoms with van der Waals surface area (Å²) in [6, 6.07) is 15.4. The summed E-state index contributed by atoms with van der Waals surface area (Å²) in [7, 11) is 1.91. The third-order valence-corrected chi connectivity index (χ3v) is 7.50. The standard InChI is InChI=1S/C31H30N6O3/c1-19-3-5-21(6-4-19)25-16-37(23-11-13-40-14-12-23)17-26(28(25)38)31(39)35-22-9-7-20(8-10-22)24-15-36(2)30-27(24)29(32)33-18-34-30/h3-10,15-18,23H,11-14H2,1-2H3,(H,35,39)(H2,32,33,34). The van der Waals surface area contributed by atoms with Gasteiger partial charge in [0.15, 0.2) is 0 Å². The monoisotopic (exact) mass is 534 g/mol. The van der Waals surface area contributed by atoms with Crippen LogP contribution in [0.15, 0.2) is 78.2 Å². The fraction of sp³-hybridized carbons (Fsp3) is 0.226. The number of carbonyl (C=O) groups is 1. The number of nitrogen functional groups attached to an aromatic ring is 1. The van der Waals surface area contributed by atoms with Crippen LogP contribution in [0.3, 0.4) is 0 Å². The molecule has 0 unspecified atom stereocenters. The van der Waals surface area contributed by atoms with Gasteiger partial charge in [-0.15, -0.1) is 0 Å². The average Bonchev–Trinajstić information content (AvgIpc) is 3.32. The van der Waals surface area contributed by atoms with Crippen LogP contribution in [-0.4, -0.2) is 38.2 Å². The molecular formula is C31H30N6O3. The topological polar surface area (TPSA) is 117 Å². The summed E-state index contributed by atoms with van der Waals surface area (Å²) < 4.78 is 9.44. The van der Waals surface area contributed by atoms with Crippen molar-refractivity contribution in [2.45, 2.75) is 25.8 Å². The van der Waals surface area contributed by atoms with Gasteiger partial charge >= 0.3 is 0 Å². The molecule has 40 heavy (non-hydrogen) atoms. The average molecular weight is 535 g/mol. The molecule has 202 valence electrons. The highest BCUT2D eigenvalue weighted by Gasteiger charge is 2.21. The Morgan fingerprint density at radius 2 is 1.62 bits per heavy atom. The number of pyridine rings is 1. The molecule has 9 heteroatoms. The summed E-state index contributed by atoms with van der Waals surface area (Å²) in [6.07, 6.45) is 8.60. The highest BCUT2D eigenvalue weighted by atomic mass is 16.5. The van der Waals surface area contributed by atoms with Crippen molar-refractivity contribution in [3.63, 3.8) is 0 Å². The van der Waals surface area contributed by atoms with Crippen LogP contribution in [0, 0.1) is 6.92 Å². The van der Waals surface area contributed by atoms with Gasteiger partial charge in [-0.25, -0.2) is 9.97 Å². The molecule has 2 aromatic carbocycles. The van der Waals surface area contributed by atoms with Crippen LogP contribution in [0.1, 0.15) is 34.8 Å². The van der Waals surface area contributed by atoms with Gasteiger partial charge in [-0.05, 0) is 43.0 Å². The molecule has 0 radical (unpaired) electrons. The van der Waals surface area contributed by atoms with E-state index in [2.05, 4.69) is 15.3 Å². The van der Waals surface area contributed by atoms with E-state index in [0.29, 0.717) is 30.3 Å². The molecule has 0 aliphatic carbocycles. The fourth-order valence-electron chi connectivity index (χ4n) is 5.28. The maximum absolute atomic E-state index is 13.6. The zero-order valence-electron chi connectivity index (χ0n) is 22.4. The minimum atomic E-state index is -0.449. The Morgan fingerprint density at radius 3 is 2.35 bits per heavy atom. The van der Waals surface area contributed by atoms with Gasteiger partial charge in [-0.1, -0.05) is 42.0 Å². The van der Waals surface area contributed by atoms with E-state index in [-0.39, 0.29) is 17.0 Å². The molecule has 6 rings (SSSR count). The summed E-state index contributed by atoms with van der Waals surface area (Å²) >= 11 is 0. The van der Waals surface area contributed by atoms with Crippen LogP contribution in [0.4, 0.5) is 11.5 Å². The number of rotatable bonds is 5. The van der Waals surface area contributed by atoms with Gasteiger partial charge < -0.3 is 24.9 Å². The first-order valence-electron chi connectivity index (χ1n) is 13.3. The van der Waals surface area contributed by atoms with Crippen molar-refractivity contribution in [2.75, 3.05) is 24.3 Å². The quantitative estimate of drug-likeness (QED) is 0.329. The zero-order chi connectivity index (χ0) is 27.8. The Hall–Kier alpha value is -4.76. The van der Waals surface area contributed by atoms with E-state index in [1.165, 1.54) is 6.33 Å². The SMILES string of the molecule is Cc1ccc(-c2cn(C3CCOCC3)cc(C(=O)Nc3ccc(-c4cn(C)c5ncnc(N)c45)cc3)c2=O)cc1. The molecule has 4 heterocycles. The minimum absolute atomic E-state index is 0.104. The van der Waals surface area contributed by atoms with E-state index in [4.69, 9.17) is 10.5 Å². The maximum Gasteiger partial charge on any atom is 0.261 e. The predicted molar refractivity (Wildman–Crippen MR) is 156 cm³/mol. The van der Waals surface area contributed by atoms with E-state index in [0.717, 1.165) is 46.1 Å². The summed E-state index contributed by atoms with van der Waals surface area (Å²) in [5, 5.41) is 3.70. The Balaban J connectivity index is 1.33. The number of fused-ring (bicyclic) bond motifs is 1. The summed E-state index contributed by atoms with van der Waals surface area (Å²) in [5.74, 6) is -0.0393. The molecule has 5 aromatic rings. The molecular weight excluding hydrogens is 504 g/mol. The third kappa shape index (κ3) is 4.76. The highest BCUT2D eigenvalue weighted by Crippen LogP contribution is 2.32. The molecule has 3 N–H and O–H groups in total. The van der Waals surface area contributed by atoms with Gasteiger partial charge in [0.25, 0.3) is 5.91 Å². The summed E-state index contributed by atoms with van der Waals surface area (Å²) in [5.41, 5.74) is 11.5. The molecule has 9 nitrogen and oxygen atoms in total. The number of anilines is 2. The molecule has 1 aliphatic rings. The molecule has 1 saturated heterocycles. The van der Waals surface area contributed by atoms with Crippen LogP contribution in [0.25, 0.3) is 33.3 Å². The molecule has 0 bridgehead atoms. The van der Waals surface area contributed by atoms with E-state index in [9.17, 15) is 9.59 Å². The second-order valence-electron chi connectivity index (χ2n) is 10.2. The maximum atomic E-state index is 13.6. The van der Waals surface area contributed by atoms with Crippen molar-refractivity contribution in [1.82, 2.24) is 19.1 Å². The van der Waals surface area contributed by atoms with Crippen molar-refractivity contribution in [3.05, 3.63) is 94.8 Å². The first-order chi connectivity index (χ1) is 19.4. The Labute approximate surface area is 231 Å². The lowest BCUT2D eigenvalue weighted by Crippen LogP contribution is -2.27. The zero-order valence-corrected chi connectivity index (χ0v) is 22.4. The van der Waals surface area contributed by atoms with Crippen molar-refractivity contribution in [2.24, 2.45) is 7.05 Å². The molecule has 0 spiro atoms. The molecule has 0 saturated carbocycles. The fourth-order valence-corrected chi connectivity index (χ4v) is 5.28. The number of hydrogen-bond donors (Lipinski definition) is 2. The largest absolute Gasteiger partial charge is 0.383 e. The van der Waals surface area contributed by atoms with Crippen LogP contribution >= 0.6 is 0 Å². The number of benzene rings is 2. The minimum Gasteiger partial charge on any atom is -0.383 e. The normalized spacial score (nSPS) is 13.9. The van der Waals surface area contributed by atoms with Crippen LogP contribution < -0.4 is 16.5 Å². The molecule has 1 amide bonds. The number of nitrogens with one attached hydrogen (secondary N) is 1. The smallest absolute Gasteiger partial charge is 0.261 e.